The van der Waals surface area contributed by atoms with Crippen LogP contribution in [0.2, 0.25) is 0 Å². The lowest BCUT2D eigenvalue weighted by atomic mass is 9.98. The standard InChI is InChI=1S/C20H15N3O3/c1-25-23-20(24)14-7-5-13(6-8-14)15-3-2-4-16(11-15)17-9-10-18-19(12-17)22-26-21-18/h2-12H,1H3,(H,23,24). The van der Waals surface area contributed by atoms with Crippen LogP contribution >= 0.6 is 0 Å². The molecule has 1 N–H and O–H groups in total. The summed E-state index contributed by atoms with van der Waals surface area (Å²) >= 11 is 0. The smallest absolute Gasteiger partial charge is 0.274 e. The molecule has 0 fully saturated rings. The Bertz CT molecular complexity index is 1070. The molecule has 128 valence electrons. The largest absolute Gasteiger partial charge is 0.277 e. The molecular weight excluding hydrogens is 330 g/mol. The van der Waals surface area contributed by atoms with Crippen LogP contribution in [0.5, 0.6) is 0 Å². The Morgan fingerprint density at radius 2 is 1.50 bits per heavy atom. The summed E-state index contributed by atoms with van der Waals surface area (Å²) in [6.45, 7) is 0. The Morgan fingerprint density at radius 3 is 2.27 bits per heavy atom. The summed E-state index contributed by atoms with van der Waals surface area (Å²) in [5, 5.41) is 7.72. The van der Waals surface area contributed by atoms with E-state index >= 15 is 0 Å². The lowest BCUT2D eigenvalue weighted by Crippen LogP contribution is -2.21. The number of benzene rings is 3. The van der Waals surface area contributed by atoms with Gasteiger partial charge in [-0.15, -0.1) is 0 Å². The topological polar surface area (TPSA) is 77.2 Å². The Hall–Kier alpha value is -3.51. The molecule has 0 saturated carbocycles. The molecule has 6 nitrogen and oxygen atoms in total. The number of hydroxylamine groups is 1. The molecule has 6 heteroatoms. The number of fused-ring (bicyclic) bond motifs is 1. The Kier molecular flexibility index (Phi) is 4.17. The molecule has 1 amide bonds. The van der Waals surface area contributed by atoms with Crippen molar-refractivity contribution in [1.82, 2.24) is 15.8 Å². The van der Waals surface area contributed by atoms with Gasteiger partial charge in [0.1, 0.15) is 11.0 Å². The van der Waals surface area contributed by atoms with Crippen LogP contribution in [0.15, 0.2) is 71.4 Å². The molecule has 26 heavy (non-hydrogen) atoms. The number of hydrogen-bond acceptors (Lipinski definition) is 5. The number of carbonyl (C=O) groups excluding carboxylic acids is 1. The fraction of sp³-hybridized carbons (Fsp3) is 0.0500. The first-order valence-corrected chi connectivity index (χ1v) is 8.01. The molecule has 0 saturated heterocycles. The van der Waals surface area contributed by atoms with E-state index in [0.717, 1.165) is 33.3 Å². The molecule has 0 radical (unpaired) electrons. The van der Waals surface area contributed by atoms with Gasteiger partial charge in [0.15, 0.2) is 0 Å². The molecular formula is C20H15N3O3. The molecule has 0 atom stereocenters. The highest BCUT2D eigenvalue weighted by Crippen LogP contribution is 2.28. The van der Waals surface area contributed by atoms with Crippen LogP contribution in [-0.4, -0.2) is 23.3 Å². The second-order valence-corrected chi connectivity index (χ2v) is 5.76. The van der Waals surface area contributed by atoms with E-state index in [4.69, 9.17) is 4.63 Å². The fourth-order valence-corrected chi connectivity index (χ4v) is 2.81. The number of nitrogens with zero attached hydrogens (tertiary/aromatic N) is 2. The van der Waals surface area contributed by atoms with E-state index in [1.54, 1.807) is 12.1 Å². The quantitative estimate of drug-likeness (QED) is 0.569. The van der Waals surface area contributed by atoms with E-state index in [2.05, 4.69) is 26.7 Å². The maximum absolute atomic E-state index is 11.8. The molecule has 1 aromatic heterocycles. The van der Waals surface area contributed by atoms with E-state index in [9.17, 15) is 4.79 Å². The molecule has 3 aromatic carbocycles. The van der Waals surface area contributed by atoms with Crippen molar-refractivity contribution in [1.29, 1.82) is 0 Å². The summed E-state index contributed by atoms with van der Waals surface area (Å²) in [7, 11) is 1.41. The van der Waals surface area contributed by atoms with Gasteiger partial charge in [-0.2, -0.15) is 0 Å². The number of hydrogen-bond donors (Lipinski definition) is 1. The first-order chi connectivity index (χ1) is 12.7. The number of aromatic nitrogens is 2. The van der Waals surface area contributed by atoms with Crippen molar-refractivity contribution in [3.8, 4) is 22.3 Å². The van der Waals surface area contributed by atoms with Gasteiger partial charge >= 0.3 is 0 Å². The summed E-state index contributed by atoms with van der Waals surface area (Å²) in [5.74, 6) is -0.276. The highest BCUT2D eigenvalue weighted by molar-refractivity contribution is 5.94. The molecule has 4 aromatic rings. The zero-order chi connectivity index (χ0) is 17.9. The zero-order valence-electron chi connectivity index (χ0n) is 14.0. The van der Waals surface area contributed by atoms with Gasteiger partial charge in [-0.3, -0.25) is 9.63 Å². The van der Waals surface area contributed by atoms with Crippen LogP contribution in [0, 0.1) is 0 Å². The van der Waals surface area contributed by atoms with Crippen LogP contribution in [0.4, 0.5) is 0 Å². The van der Waals surface area contributed by atoms with Crippen molar-refractivity contribution in [2.24, 2.45) is 0 Å². The Balaban J connectivity index is 1.66. The second-order valence-electron chi connectivity index (χ2n) is 5.76. The van der Waals surface area contributed by atoms with Crippen molar-refractivity contribution in [2.75, 3.05) is 7.11 Å². The summed E-state index contributed by atoms with van der Waals surface area (Å²) in [4.78, 5) is 16.4. The minimum Gasteiger partial charge on any atom is -0.277 e. The van der Waals surface area contributed by atoms with Crippen LogP contribution in [0.3, 0.4) is 0 Å². The molecule has 1 heterocycles. The van der Waals surface area contributed by atoms with Crippen LogP contribution in [0.25, 0.3) is 33.3 Å². The minimum absolute atomic E-state index is 0.276. The molecule has 4 rings (SSSR count). The van der Waals surface area contributed by atoms with Crippen molar-refractivity contribution in [2.45, 2.75) is 0 Å². The third-order valence-electron chi connectivity index (χ3n) is 4.12. The third-order valence-corrected chi connectivity index (χ3v) is 4.12. The van der Waals surface area contributed by atoms with Gasteiger partial charge in [0.2, 0.25) is 0 Å². The van der Waals surface area contributed by atoms with Crippen LogP contribution in [0.1, 0.15) is 10.4 Å². The summed E-state index contributed by atoms with van der Waals surface area (Å²) in [6, 6.07) is 21.3. The number of rotatable bonds is 4. The highest BCUT2D eigenvalue weighted by Gasteiger charge is 2.07. The van der Waals surface area contributed by atoms with Crippen molar-refractivity contribution in [3.63, 3.8) is 0 Å². The fourth-order valence-electron chi connectivity index (χ4n) is 2.81. The number of amides is 1. The van der Waals surface area contributed by atoms with E-state index in [-0.39, 0.29) is 5.91 Å². The maximum Gasteiger partial charge on any atom is 0.274 e. The first-order valence-electron chi connectivity index (χ1n) is 8.01. The van der Waals surface area contributed by atoms with Crippen molar-refractivity contribution >= 4 is 16.9 Å². The maximum atomic E-state index is 11.8. The predicted molar refractivity (Wildman–Crippen MR) is 97.2 cm³/mol. The van der Waals surface area contributed by atoms with Gasteiger partial charge in [0, 0.05) is 5.56 Å². The van der Waals surface area contributed by atoms with Crippen molar-refractivity contribution in [3.05, 3.63) is 72.3 Å². The SMILES string of the molecule is CONC(=O)c1ccc(-c2cccc(-c3ccc4nonc4c3)c2)cc1. The van der Waals surface area contributed by atoms with Gasteiger partial charge < -0.3 is 0 Å². The first kappa shape index (κ1) is 16.0. The average Bonchev–Trinajstić information content (AvgIpc) is 3.16. The lowest BCUT2D eigenvalue weighted by Gasteiger charge is -2.07. The van der Waals surface area contributed by atoms with E-state index in [1.165, 1.54) is 7.11 Å². The van der Waals surface area contributed by atoms with Crippen LogP contribution in [-0.2, 0) is 4.84 Å². The van der Waals surface area contributed by atoms with Gasteiger partial charge in [-0.1, -0.05) is 36.4 Å². The molecule has 0 aliphatic rings. The van der Waals surface area contributed by atoms with E-state index in [1.807, 2.05) is 48.5 Å². The summed E-state index contributed by atoms with van der Waals surface area (Å²) < 4.78 is 4.76. The van der Waals surface area contributed by atoms with Gasteiger partial charge in [-0.05, 0) is 62.9 Å². The summed E-state index contributed by atoms with van der Waals surface area (Å²) in [6.07, 6.45) is 0. The molecule has 0 bridgehead atoms. The van der Waals surface area contributed by atoms with E-state index in [0.29, 0.717) is 5.56 Å². The lowest BCUT2D eigenvalue weighted by molar-refractivity contribution is 0.0537. The predicted octanol–water partition coefficient (Wildman–Crippen LogP) is 3.85. The van der Waals surface area contributed by atoms with Gasteiger partial charge in [0.25, 0.3) is 5.91 Å². The number of nitrogens with one attached hydrogen (secondary N) is 1. The molecule has 0 spiro atoms. The second kappa shape index (κ2) is 6.78. The van der Waals surface area contributed by atoms with Crippen LogP contribution < -0.4 is 5.48 Å². The highest BCUT2D eigenvalue weighted by atomic mass is 16.6. The van der Waals surface area contributed by atoms with Crippen molar-refractivity contribution < 1.29 is 14.3 Å². The molecule has 0 unspecified atom stereocenters. The van der Waals surface area contributed by atoms with Gasteiger partial charge in [0.05, 0.1) is 7.11 Å². The number of carbonyl (C=O) groups is 1. The zero-order valence-corrected chi connectivity index (χ0v) is 14.0. The third kappa shape index (κ3) is 3.05. The Labute approximate surface area is 149 Å². The molecule has 0 aliphatic heterocycles. The average molecular weight is 345 g/mol. The van der Waals surface area contributed by atoms with Gasteiger partial charge in [-0.25, -0.2) is 10.1 Å². The minimum atomic E-state index is -0.276. The Morgan fingerprint density at radius 1 is 0.846 bits per heavy atom. The monoisotopic (exact) mass is 345 g/mol. The summed E-state index contributed by atoms with van der Waals surface area (Å²) in [5.41, 5.74) is 8.47. The normalized spacial score (nSPS) is 10.8. The molecule has 0 aliphatic carbocycles. The van der Waals surface area contributed by atoms with E-state index < -0.39 is 0 Å².